The standard InChI is InChI=1S/C16H24N4O3S/c1-5-11(8-23-4)20-14-12-10(2)13(15(21)17-6-7-22-3)24-16(12)19-9-18-14/h9,11H,5-8H2,1-4H3,(H,17,21)(H,18,19,20)/t11-/m1/s1. The van der Waals surface area contributed by atoms with Crippen LogP contribution in [0.15, 0.2) is 6.33 Å². The van der Waals surface area contributed by atoms with Crippen LogP contribution in [0.4, 0.5) is 5.82 Å². The highest BCUT2D eigenvalue weighted by molar-refractivity contribution is 7.20. The molecule has 7 nitrogen and oxygen atoms in total. The number of rotatable bonds is 9. The second-order valence-corrected chi connectivity index (χ2v) is 6.41. The number of carbonyl (C=O) groups is 1. The minimum Gasteiger partial charge on any atom is -0.383 e. The van der Waals surface area contributed by atoms with E-state index in [9.17, 15) is 4.79 Å². The fraction of sp³-hybridized carbons (Fsp3) is 0.562. The number of aryl methyl sites for hydroxylation is 1. The van der Waals surface area contributed by atoms with Gasteiger partial charge in [-0.1, -0.05) is 6.92 Å². The number of nitrogens with zero attached hydrogens (tertiary/aromatic N) is 2. The summed E-state index contributed by atoms with van der Waals surface area (Å²) in [5.41, 5.74) is 0.889. The summed E-state index contributed by atoms with van der Waals surface area (Å²) in [6.07, 6.45) is 2.43. The van der Waals surface area contributed by atoms with Gasteiger partial charge < -0.3 is 20.1 Å². The Morgan fingerprint density at radius 1 is 1.33 bits per heavy atom. The normalized spacial score (nSPS) is 12.3. The third kappa shape index (κ3) is 4.19. The third-order valence-corrected chi connectivity index (χ3v) is 4.92. The van der Waals surface area contributed by atoms with Crippen molar-refractivity contribution in [1.82, 2.24) is 15.3 Å². The molecule has 0 aromatic carbocycles. The lowest BCUT2D eigenvalue weighted by Crippen LogP contribution is -2.26. The molecule has 132 valence electrons. The lowest BCUT2D eigenvalue weighted by atomic mass is 10.1. The number of carbonyl (C=O) groups excluding carboxylic acids is 1. The molecule has 0 aliphatic rings. The molecule has 8 heteroatoms. The maximum Gasteiger partial charge on any atom is 0.261 e. The molecule has 0 spiro atoms. The number of aromatic nitrogens is 2. The van der Waals surface area contributed by atoms with Crippen molar-refractivity contribution < 1.29 is 14.3 Å². The van der Waals surface area contributed by atoms with E-state index in [4.69, 9.17) is 9.47 Å². The zero-order valence-electron chi connectivity index (χ0n) is 14.5. The summed E-state index contributed by atoms with van der Waals surface area (Å²) < 4.78 is 10.2. The fourth-order valence-corrected chi connectivity index (χ4v) is 3.47. The van der Waals surface area contributed by atoms with Crippen molar-refractivity contribution in [2.75, 3.05) is 39.3 Å². The third-order valence-electron chi connectivity index (χ3n) is 3.73. The van der Waals surface area contributed by atoms with Crippen LogP contribution in [0.3, 0.4) is 0 Å². The lowest BCUT2D eigenvalue weighted by molar-refractivity contribution is 0.0940. The Morgan fingerprint density at radius 2 is 2.12 bits per heavy atom. The minimum absolute atomic E-state index is 0.109. The SMILES string of the molecule is CC[C@H](COC)Nc1ncnc2sc(C(=O)NCCOC)c(C)c12. The second-order valence-electron chi connectivity index (χ2n) is 5.41. The van der Waals surface area contributed by atoms with Gasteiger partial charge in [0.1, 0.15) is 17.0 Å². The van der Waals surface area contributed by atoms with Crippen LogP contribution in [-0.4, -0.2) is 55.9 Å². The number of hydrogen-bond donors (Lipinski definition) is 2. The van der Waals surface area contributed by atoms with Crippen molar-refractivity contribution in [3.8, 4) is 0 Å². The number of amides is 1. The lowest BCUT2D eigenvalue weighted by Gasteiger charge is -2.17. The molecule has 0 unspecified atom stereocenters. The summed E-state index contributed by atoms with van der Waals surface area (Å²) in [5, 5.41) is 7.15. The smallest absolute Gasteiger partial charge is 0.261 e. The Kier molecular flexibility index (Phi) is 6.89. The first-order valence-electron chi connectivity index (χ1n) is 7.89. The summed E-state index contributed by atoms with van der Waals surface area (Å²) in [4.78, 5) is 22.5. The molecule has 0 radical (unpaired) electrons. The van der Waals surface area contributed by atoms with Gasteiger partial charge in [0.15, 0.2) is 0 Å². The quantitative estimate of drug-likeness (QED) is 0.673. The van der Waals surface area contributed by atoms with E-state index in [2.05, 4.69) is 27.5 Å². The summed E-state index contributed by atoms with van der Waals surface area (Å²) in [6, 6.07) is 0.159. The summed E-state index contributed by atoms with van der Waals surface area (Å²) in [7, 11) is 3.28. The topological polar surface area (TPSA) is 85.4 Å². The van der Waals surface area contributed by atoms with E-state index < -0.39 is 0 Å². The second kappa shape index (κ2) is 8.91. The number of fused-ring (bicyclic) bond motifs is 1. The molecule has 0 bridgehead atoms. The van der Waals surface area contributed by atoms with Gasteiger partial charge in [0.25, 0.3) is 5.91 Å². The Labute approximate surface area is 145 Å². The minimum atomic E-state index is -0.109. The molecule has 2 aromatic heterocycles. The van der Waals surface area contributed by atoms with Crippen molar-refractivity contribution in [1.29, 1.82) is 0 Å². The van der Waals surface area contributed by atoms with Crippen LogP contribution in [-0.2, 0) is 9.47 Å². The van der Waals surface area contributed by atoms with E-state index in [-0.39, 0.29) is 11.9 Å². The molecular weight excluding hydrogens is 328 g/mol. The zero-order chi connectivity index (χ0) is 17.5. The Hall–Kier alpha value is -1.77. The van der Waals surface area contributed by atoms with E-state index in [0.29, 0.717) is 24.6 Å². The molecule has 0 saturated heterocycles. The average Bonchev–Trinajstić information content (AvgIpc) is 2.92. The number of methoxy groups -OCH3 is 2. The molecule has 2 aromatic rings. The van der Waals surface area contributed by atoms with Crippen LogP contribution in [0.5, 0.6) is 0 Å². The van der Waals surface area contributed by atoms with E-state index in [0.717, 1.165) is 28.0 Å². The number of thiophene rings is 1. The first-order chi connectivity index (χ1) is 11.6. The maximum atomic E-state index is 12.4. The van der Waals surface area contributed by atoms with Gasteiger partial charge in [-0.05, 0) is 18.9 Å². The highest BCUT2D eigenvalue weighted by atomic mass is 32.1. The van der Waals surface area contributed by atoms with Crippen LogP contribution in [0.25, 0.3) is 10.2 Å². The van der Waals surface area contributed by atoms with E-state index in [1.165, 1.54) is 17.7 Å². The van der Waals surface area contributed by atoms with E-state index in [1.54, 1.807) is 14.2 Å². The molecule has 2 rings (SSSR count). The van der Waals surface area contributed by atoms with Crippen molar-refractivity contribution in [3.05, 3.63) is 16.8 Å². The van der Waals surface area contributed by atoms with Crippen molar-refractivity contribution in [2.45, 2.75) is 26.3 Å². The van der Waals surface area contributed by atoms with Gasteiger partial charge in [-0.3, -0.25) is 4.79 Å². The highest BCUT2D eigenvalue weighted by Crippen LogP contribution is 2.33. The van der Waals surface area contributed by atoms with Gasteiger partial charge in [0, 0.05) is 20.8 Å². The Balaban J connectivity index is 2.30. The summed E-state index contributed by atoms with van der Waals surface area (Å²) in [5.74, 6) is 0.635. The monoisotopic (exact) mass is 352 g/mol. The molecule has 1 atom stereocenters. The number of hydrogen-bond acceptors (Lipinski definition) is 7. The van der Waals surface area contributed by atoms with Gasteiger partial charge in [0.2, 0.25) is 0 Å². The van der Waals surface area contributed by atoms with E-state index >= 15 is 0 Å². The predicted octanol–water partition coefficient (Wildman–Crippen LogP) is 2.21. The Morgan fingerprint density at radius 3 is 2.79 bits per heavy atom. The summed E-state index contributed by atoms with van der Waals surface area (Å²) in [6.45, 7) is 5.57. The molecule has 1 amide bonds. The number of ether oxygens (including phenoxy) is 2. The van der Waals surface area contributed by atoms with Crippen molar-refractivity contribution in [2.24, 2.45) is 0 Å². The number of nitrogens with one attached hydrogen (secondary N) is 2. The number of anilines is 1. The van der Waals surface area contributed by atoms with E-state index in [1.807, 2.05) is 6.92 Å². The van der Waals surface area contributed by atoms with Gasteiger partial charge in [-0.2, -0.15) is 0 Å². The van der Waals surface area contributed by atoms with Crippen LogP contribution < -0.4 is 10.6 Å². The molecule has 0 fully saturated rings. The van der Waals surface area contributed by atoms with Gasteiger partial charge in [-0.15, -0.1) is 11.3 Å². The van der Waals surface area contributed by atoms with Crippen LogP contribution in [0.2, 0.25) is 0 Å². The van der Waals surface area contributed by atoms with Crippen LogP contribution in [0, 0.1) is 6.92 Å². The highest BCUT2D eigenvalue weighted by Gasteiger charge is 2.20. The zero-order valence-corrected chi connectivity index (χ0v) is 15.3. The van der Waals surface area contributed by atoms with Gasteiger partial charge in [0.05, 0.1) is 29.5 Å². The van der Waals surface area contributed by atoms with Crippen LogP contribution >= 0.6 is 11.3 Å². The molecule has 0 aliphatic heterocycles. The van der Waals surface area contributed by atoms with Crippen molar-refractivity contribution in [3.63, 3.8) is 0 Å². The van der Waals surface area contributed by atoms with Crippen LogP contribution in [0.1, 0.15) is 28.6 Å². The molecule has 2 N–H and O–H groups in total. The van der Waals surface area contributed by atoms with Gasteiger partial charge in [-0.25, -0.2) is 9.97 Å². The fourth-order valence-electron chi connectivity index (χ4n) is 2.40. The Bertz CT molecular complexity index is 689. The predicted molar refractivity (Wildman–Crippen MR) is 95.9 cm³/mol. The first-order valence-corrected chi connectivity index (χ1v) is 8.70. The van der Waals surface area contributed by atoms with Crippen molar-refractivity contribution >= 4 is 33.3 Å². The molecule has 2 heterocycles. The maximum absolute atomic E-state index is 12.4. The average molecular weight is 352 g/mol. The molecule has 24 heavy (non-hydrogen) atoms. The first kappa shape index (κ1) is 18.6. The van der Waals surface area contributed by atoms with Gasteiger partial charge >= 0.3 is 0 Å². The molecule has 0 saturated carbocycles. The molecular formula is C16H24N4O3S. The molecule has 0 aliphatic carbocycles. The summed E-state index contributed by atoms with van der Waals surface area (Å²) >= 11 is 1.38. The largest absolute Gasteiger partial charge is 0.383 e.